The third kappa shape index (κ3) is 4.06. The van der Waals surface area contributed by atoms with Gasteiger partial charge >= 0.3 is 0 Å². The SMILES string of the molecule is CCC(NC(=O)CC1CCNC1)c1ccc(C)cc1. The molecule has 2 atom stereocenters. The first-order valence-corrected chi connectivity index (χ1v) is 7.25. The van der Waals surface area contributed by atoms with Crippen LogP contribution < -0.4 is 10.6 Å². The summed E-state index contributed by atoms with van der Waals surface area (Å²) in [4.78, 5) is 12.1. The lowest BCUT2D eigenvalue weighted by atomic mass is 10.0. The predicted molar refractivity (Wildman–Crippen MR) is 77.9 cm³/mol. The van der Waals surface area contributed by atoms with Crippen LogP contribution in [0.25, 0.3) is 0 Å². The molecule has 3 nitrogen and oxygen atoms in total. The monoisotopic (exact) mass is 260 g/mol. The van der Waals surface area contributed by atoms with Gasteiger partial charge in [-0.3, -0.25) is 4.79 Å². The van der Waals surface area contributed by atoms with Crippen molar-refractivity contribution in [2.24, 2.45) is 5.92 Å². The molecule has 1 saturated heterocycles. The van der Waals surface area contributed by atoms with Crippen LogP contribution in [-0.4, -0.2) is 19.0 Å². The van der Waals surface area contributed by atoms with Gasteiger partial charge in [0, 0.05) is 6.42 Å². The van der Waals surface area contributed by atoms with Crippen LogP contribution in [0.5, 0.6) is 0 Å². The molecule has 0 saturated carbocycles. The maximum absolute atomic E-state index is 12.1. The van der Waals surface area contributed by atoms with Crippen molar-refractivity contribution in [3.05, 3.63) is 35.4 Å². The molecular formula is C16H24N2O. The molecule has 3 heteroatoms. The number of hydrogen-bond acceptors (Lipinski definition) is 2. The van der Waals surface area contributed by atoms with E-state index in [4.69, 9.17) is 0 Å². The van der Waals surface area contributed by atoms with Gasteiger partial charge in [-0.15, -0.1) is 0 Å². The highest BCUT2D eigenvalue weighted by atomic mass is 16.1. The van der Waals surface area contributed by atoms with Crippen LogP contribution in [0.3, 0.4) is 0 Å². The molecule has 0 aromatic heterocycles. The van der Waals surface area contributed by atoms with Gasteiger partial charge in [0.15, 0.2) is 0 Å². The maximum Gasteiger partial charge on any atom is 0.220 e. The summed E-state index contributed by atoms with van der Waals surface area (Å²) < 4.78 is 0. The molecule has 2 N–H and O–H groups in total. The lowest BCUT2D eigenvalue weighted by Crippen LogP contribution is -2.30. The first-order valence-electron chi connectivity index (χ1n) is 7.25. The molecule has 1 heterocycles. The second-order valence-electron chi connectivity index (χ2n) is 5.50. The Bertz CT molecular complexity index is 407. The number of rotatable bonds is 5. The van der Waals surface area contributed by atoms with E-state index in [0.29, 0.717) is 12.3 Å². The summed E-state index contributed by atoms with van der Waals surface area (Å²) in [6.07, 6.45) is 2.70. The van der Waals surface area contributed by atoms with Crippen molar-refractivity contribution in [1.29, 1.82) is 0 Å². The number of benzene rings is 1. The fraction of sp³-hybridized carbons (Fsp3) is 0.562. The van der Waals surface area contributed by atoms with Crippen LogP contribution in [-0.2, 0) is 4.79 Å². The molecule has 104 valence electrons. The standard InChI is InChI=1S/C16H24N2O/c1-3-15(14-6-4-12(2)5-7-14)18-16(19)10-13-8-9-17-11-13/h4-7,13,15,17H,3,8-11H2,1-2H3,(H,18,19). The molecule has 2 unspecified atom stereocenters. The number of hydrogen-bond donors (Lipinski definition) is 2. The van der Waals surface area contributed by atoms with Gasteiger partial charge in [-0.05, 0) is 44.3 Å². The second-order valence-corrected chi connectivity index (χ2v) is 5.50. The fourth-order valence-corrected chi connectivity index (χ4v) is 2.62. The fourth-order valence-electron chi connectivity index (χ4n) is 2.62. The van der Waals surface area contributed by atoms with Gasteiger partial charge < -0.3 is 10.6 Å². The minimum absolute atomic E-state index is 0.141. The zero-order valence-electron chi connectivity index (χ0n) is 11.9. The van der Waals surface area contributed by atoms with Crippen molar-refractivity contribution in [2.75, 3.05) is 13.1 Å². The summed E-state index contributed by atoms with van der Waals surface area (Å²) in [5, 5.41) is 6.47. The Labute approximate surface area is 115 Å². The van der Waals surface area contributed by atoms with Gasteiger partial charge in [0.1, 0.15) is 0 Å². The third-order valence-corrected chi connectivity index (χ3v) is 3.86. The lowest BCUT2D eigenvalue weighted by molar-refractivity contribution is -0.122. The quantitative estimate of drug-likeness (QED) is 0.854. The predicted octanol–water partition coefficient (Wildman–Crippen LogP) is 2.56. The topological polar surface area (TPSA) is 41.1 Å². The van der Waals surface area contributed by atoms with Gasteiger partial charge in [0.25, 0.3) is 0 Å². The average molecular weight is 260 g/mol. The summed E-state index contributed by atoms with van der Waals surface area (Å²) in [6, 6.07) is 8.57. The molecule has 19 heavy (non-hydrogen) atoms. The Kier molecular flexibility index (Phi) is 4.97. The average Bonchev–Trinajstić information content (AvgIpc) is 2.90. The number of carbonyl (C=O) groups is 1. The Balaban J connectivity index is 1.90. The van der Waals surface area contributed by atoms with Crippen molar-refractivity contribution >= 4 is 5.91 Å². The highest BCUT2D eigenvalue weighted by molar-refractivity contribution is 5.76. The van der Waals surface area contributed by atoms with E-state index in [1.54, 1.807) is 0 Å². The van der Waals surface area contributed by atoms with Gasteiger partial charge in [-0.1, -0.05) is 36.8 Å². The van der Waals surface area contributed by atoms with Crippen LogP contribution >= 0.6 is 0 Å². The molecule has 1 aliphatic rings. The summed E-state index contributed by atoms with van der Waals surface area (Å²) >= 11 is 0. The van der Waals surface area contributed by atoms with Crippen molar-refractivity contribution in [2.45, 2.75) is 39.2 Å². The Morgan fingerprint density at radius 1 is 1.42 bits per heavy atom. The van der Waals surface area contributed by atoms with Crippen LogP contribution in [0.4, 0.5) is 0 Å². The molecule has 0 bridgehead atoms. The van der Waals surface area contributed by atoms with E-state index >= 15 is 0 Å². The number of nitrogens with one attached hydrogen (secondary N) is 2. The zero-order valence-corrected chi connectivity index (χ0v) is 11.9. The Hall–Kier alpha value is -1.35. The molecule has 1 amide bonds. The number of amides is 1. The van der Waals surface area contributed by atoms with E-state index in [9.17, 15) is 4.79 Å². The molecule has 2 rings (SSSR count). The summed E-state index contributed by atoms with van der Waals surface area (Å²) in [6.45, 7) is 6.22. The van der Waals surface area contributed by atoms with Crippen molar-refractivity contribution in [1.82, 2.24) is 10.6 Å². The largest absolute Gasteiger partial charge is 0.349 e. The third-order valence-electron chi connectivity index (χ3n) is 3.86. The first kappa shape index (κ1) is 14.1. The highest BCUT2D eigenvalue weighted by Crippen LogP contribution is 2.18. The molecule has 0 radical (unpaired) electrons. The van der Waals surface area contributed by atoms with Crippen LogP contribution in [0, 0.1) is 12.8 Å². The molecule has 1 aromatic carbocycles. The summed E-state index contributed by atoms with van der Waals surface area (Å²) in [5.41, 5.74) is 2.45. The van der Waals surface area contributed by atoms with E-state index < -0.39 is 0 Å². The van der Waals surface area contributed by atoms with Gasteiger partial charge in [-0.25, -0.2) is 0 Å². The van der Waals surface area contributed by atoms with Crippen LogP contribution in [0.15, 0.2) is 24.3 Å². The van der Waals surface area contributed by atoms with Crippen molar-refractivity contribution in [3.63, 3.8) is 0 Å². The maximum atomic E-state index is 12.1. The molecular weight excluding hydrogens is 236 g/mol. The van der Waals surface area contributed by atoms with Crippen molar-refractivity contribution in [3.8, 4) is 0 Å². The number of aryl methyl sites for hydroxylation is 1. The lowest BCUT2D eigenvalue weighted by Gasteiger charge is -2.19. The minimum atomic E-state index is 0.141. The Morgan fingerprint density at radius 3 is 2.74 bits per heavy atom. The Morgan fingerprint density at radius 2 is 2.16 bits per heavy atom. The van der Waals surface area contributed by atoms with E-state index in [0.717, 1.165) is 25.9 Å². The summed E-state index contributed by atoms with van der Waals surface area (Å²) in [7, 11) is 0. The molecule has 1 aromatic rings. The zero-order chi connectivity index (χ0) is 13.7. The van der Waals surface area contributed by atoms with Gasteiger partial charge in [0.05, 0.1) is 6.04 Å². The normalized spacial score (nSPS) is 20.2. The minimum Gasteiger partial charge on any atom is -0.349 e. The highest BCUT2D eigenvalue weighted by Gasteiger charge is 2.20. The first-order chi connectivity index (χ1) is 9.19. The smallest absolute Gasteiger partial charge is 0.220 e. The second kappa shape index (κ2) is 6.71. The van der Waals surface area contributed by atoms with E-state index in [2.05, 4.69) is 48.7 Å². The molecule has 0 aliphatic carbocycles. The summed E-state index contributed by atoms with van der Waals surface area (Å²) in [5.74, 6) is 0.691. The van der Waals surface area contributed by atoms with Gasteiger partial charge in [0.2, 0.25) is 5.91 Å². The van der Waals surface area contributed by atoms with Gasteiger partial charge in [-0.2, -0.15) is 0 Å². The molecule has 1 fully saturated rings. The van der Waals surface area contributed by atoms with Crippen LogP contribution in [0.1, 0.15) is 43.4 Å². The molecule has 1 aliphatic heterocycles. The van der Waals surface area contributed by atoms with Crippen LogP contribution in [0.2, 0.25) is 0 Å². The molecule has 0 spiro atoms. The van der Waals surface area contributed by atoms with E-state index in [1.165, 1.54) is 11.1 Å². The number of carbonyl (C=O) groups excluding carboxylic acids is 1. The van der Waals surface area contributed by atoms with Crippen molar-refractivity contribution < 1.29 is 4.79 Å². The van der Waals surface area contributed by atoms with E-state index in [1.807, 2.05) is 0 Å². The van der Waals surface area contributed by atoms with E-state index in [-0.39, 0.29) is 11.9 Å².